The molecule has 0 spiro atoms. The third kappa shape index (κ3) is 3.09. The molecule has 1 N–H and O–H groups in total. The van der Waals surface area contributed by atoms with Crippen molar-refractivity contribution in [3.8, 4) is 0 Å². The number of nitrogens with zero attached hydrogens (tertiary/aromatic N) is 1. The largest absolute Gasteiger partial charge is 0.368 e. The number of aromatic nitrogens is 2. The number of aromatic amines is 1. The van der Waals surface area contributed by atoms with Crippen molar-refractivity contribution in [3.05, 3.63) is 17.2 Å². The maximum Gasteiger partial charge on any atom is 0.132 e. The lowest BCUT2D eigenvalue weighted by Gasteiger charge is -2.24. The second kappa shape index (κ2) is 4.45. The number of ether oxygens (including phenoxy) is 1. The molecule has 0 radical (unpaired) electrons. The quantitative estimate of drug-likeness (QED) is 0.857. The van der Waals surface area contributed by atoms with Crippen LogP contribution in [-0.4, -0.2) is 15.6 Å². The van der Waals surface area contributed by atoms with Crippen LogP contribution in [0.3, 0.4) is 0 Å². The van der Waals surface area contributed by atoms with Crippen LogP contribution in [0.4, 0.5) is 0 Å². The van der Waals surface area contributed by atoms with Crippen LogP contribution in [0, 0.1) is 11.8 Å². The lowest BCUT2D eigenvalue weighted by atomic mass is 9.82. The highest BCUT2D eigenvalue weighted by Gasteiger charge is 2.25. The molecule has 0 saturated heterocycles. The first-order chi connectivity index (χ1) is 7.85. The Hall–Kier alpha value is -0.830. The van der Waals surface area contributed by atoms with Crippen LogP contribution in [0.15, 0.2) is 0 Å². The van der Waals surface area contributed by atoms with Crippen molar-refractivity contribution in [1.82, 2.24) is 9.97 Å². The molecule has 17 heavy (non-hydrogen) atoms. The Morgan fingerprint density at radius 1 is 1.24 bits per heavy atom. The summed E-state index contributed by atoms with van der Waals surface area (Å²) in [5.41, 5.74) is 2.47. The van der Waals surface area contributed by atoms with Crippen LogP contribution in [0.2, 0.25) is 0 Å². The number of imidazole rings is 1. The summed E-state index contributed by atoms with van der Waals surface area (Å²) in [4.78, 5) is 8.08. The molecule has 2 rings (SSSR count). The van der Waals surface area contributed by atoms with E-state index in [0.717, 1.165) is 30.5 Å². The Morgan fingerprint density at radius 3 is 2.53 bits per heavy atom. The zero-order valence-electron chi connectivity index (χ0n) is 11.6. The lowest BCUT2D eigenvalue weighted by molar-refractivity contribution is -0.0179. The van der Waals surface area contributed by atoms with Gasteiger partial charge < -0.3 is 9.72 Å². The number of nitrogens with one attached hydrogen (secondary N) is 1. The molecule has 0 fully saturated rings. The van der Waals surface area contributed by atoms with Gasteiger partial charge in [-0.2, -0.15) is 0 Å². The predicted molar refractivity (Wildman–Crippen MR) is 68.9 cm³/mol. The monoisotopic (exact) mass is 236 g/mol. The van der Waals surface area contributed by atoms with Gasteiger partial charge in [0.1, 0.15) is 12.4 Å². The fourth-order valence-corrected chi connectivity index (χ4v) is 2.22. The van der Waals surface area contributed by atoms with E-state index in [2.05, 4.69) is 44.6 Å². The van der Waals surface area contributed by atoms with Gasteiger partial charge in [-0.1, -0.05) is 13.8 Å². The van der Waals surface area contributed by atoms with Gasteiger partial charge in [-0.25, -0.2) is 4.98 Å². The van der Waals surface area contributed by atoms with Gasteiger partial charge in [-0.15, -0.1) is 0 Å². The third-order valence-corrected chi connectivity index (χ3v) is 3.57. The first-order valence-electron chi connectivity index (χ1n) is 6.56. The van der Waals surface area contributed by atoms with E-state index in [-0.39, 0.29) is 5.60 Å². The van der Waals surface area contributed by atoms with E-state index in [1.54, 1.807) is 0 Å². The maximum absolute atomic E-state index is 5.75. The van der Waals surface area contributed by atoms with E-state index in [1.807, 2.05) is 0 Å². The standard InChI is InChI=1S/C14H24N2O/c1-9-6-11-12(7-10(9)2)16-13(15-11)8-17-14(3,4)5/h9-10H,6-8H2,1-5H3,(H,15,16). The van der Waals surface area contributed by atoms with Crippen molar-refractivity contribution in [2.24, 2.45) is 11.8 Å². The second-order valence-corrected chi connectivity index (χ2v) is 6.37. The number of hydrogen-bond acceptors (Lipinski definition) is 2. The molecule has 3 nitrogen and oxygen atoms in total. The van der Waals surface area contributed by atoms with Gasteiger partial charge in [0.25, 0.3) is 0 Å². The molecule has 0 saturated carbocycles. The SMILES string of the molecule is CC1Cc2nc(COC(C)(C)C)[nH]c2CC1C. The van der Waals surface area contributed by atoms with E-state index >= 15 is 0 Å². The minimum atomic E-state index is -0.103. The maximum atomic E-state index is 5.75. The summed E-state index contributed by atoms with van der Waals surface area (Å²) < 4.78 is 5.75. The van der Waals surface area contributed by atoms with Gasteiger partial charge in [0.05, 0.1) is 11.3 Å². The van der Waals surface area contributed by atoms with E-state index in [1.165, 1.54) is 11.4 Å². The highest BCUT2D eigenvalue weighted by molar-refractivity contribution is 5.19. The van der Waals surface area contributed by atoms with Gasteiger partial charge in [0.15, 0.2) is 0 Å². The molecular formula is C14H24N2O. The normalized spacial score (nSPS) is 24.8. The Kier molecular flexibility index (Phi) is 3.30. The van der Waals surface area contributed by atoms with Crippen LogP contribution < -0.4 is 0 Å². The van der Waals surface area contributed by atoms with Crippen molar-refractivity contribution >= 4 is 0 Å². The average Bonchev–Trinajstić information content (AvgIpc) is 2.57. The molecule has 2 unspecified atom stereocenters. The van der Waals surface area contributed by atoms with Crippen LogP contribution in [0.25, 0.3) is 0 Å². The molecule has 0 bridgehead atoms. The van der Waals surface area contributed by atoms with Gasteiger partial charge in [-0.05, 0) is 45.4 Å². The fourth-order valence-electron chi connectivity index (χ4n) is 2.22. The summed E-state index contributed by atoms with van der Waals surface area (Å²) in [6, 6.07) is 0. The predicted octanol–water partition coefficient (Wildman–Crippen LogP) is 3.10. The average molecular weight is 236 g/mol. The lowest BCUT2D eigenvalue weighted by Crippen LogP contribution is -2.20. The summed E-state index contributed by atoms with van der Waals surface area (Å²) in [7, 11) is 0. The molecule has 0 amide bonds. The topological polar surface area (TPSA) is 37.9 Å². The van der Waals surface area contributed by atoms with Crippen LogP contribution >= 0.6 is 0 Å². The molecule has 0 aliphatic heterocycles. The Balaban J connectivity index is 2.05. The molecule has 0 aromatic carbocycles. The minimum Gasteiger partial charge on any atom is -0.368 e. The zero-order chi connectivity index (χ0) is 12.6. The summed E-state index contributed by atoms with van der Waals surface area (Å²) in [5, 5.41) is 0. The van der Waals surface area contributed by atoms with Crippen molar-refractivity contribution in [3.63, 3.8) is 0 Å². The Morgan fingerprint density at radius 2 is 1.88 bits per heavy atom. The number of fused-ring (bicyclic) bond motifs is 1. The highest BCUT2D eigenvalue weighted by atomic mass is 16.5. The smallest absolute Gasteiger partial charge is 0.132 e. The molecule has 1 aromatic heterocycles. The van der Waals surface area contributed by atoms with Gasteiger partial charge in [-0.3, -0.25) is 0 Å². The zero-order valence-corrected chi connectivity index (χ0v) is 11.6. The van der Waals surface area contributed by atoms with E-state index < -0.39 is 0 Å². The van der Waals surface area contributed by atoms with Crippen molar-refractivity contribution in [1.29, 1.82) is 0 Å². The van der Waals surface area contributed by atoms with Crippen molar-refractivity contribution in [2.45, 2.75) is 59.7 Å². The van der Waals surface area contributed by atoms with E-state index in [4.69, 9.17) is 4.74 Å². The first-order valence-corrected chi connectivity index (χ1v) is 6.56. The molecule has 1 aliphatic carbocycles. The number of H-pyrrole nitrogens is 1. The molecule has 1 aromatic rings. The molecule has 1 aliphatic rings. The Bertz CT molecular complexity index is 362. The second-order valence-electron chi connectivity index (χ2n) is 6.37. The molecule has 1 heterocycles. The third-order valence-electron chi connectivity index (χ3n) is 3.57. The van der Waals surface area contributed by atoms with Gasteiger partial charge in [0.2, 0.25) is 0 Å². The summed E-state index contributed by atoms with van der Waals surface area (Å²) >= 11 is 0. The van der Waals surface area contributed by atoms with Crippen LogP contribution in [0.1, 0.15) is 51.8 Å². The van der Waals surface area contributed by atoms with E-state index in [0.29, 0.717) is 6.61 Å². The Labute approximate surface area is 104 Å². The van der Waals surface area contributed by atoms with Crippen LogP contribution in [0.5, 0.6) is 0 Å². The number of hydrogen-bond donors (Lipinski definition) is 1. The first kappa shape index (κ1) is 12.6. The summed E-state index contributed by atoms with van der Waals surface area (Å²) in [5.74, 6) is 2.47. The fraction of sp³-hybridized carbons (Fsp3) is 0.786. The molecule has 96 valence electrons. The highest BCUT2D eigenvalue weighted by Crippen LogP contribution is 2.28. The molecular weight excluding hydrogens is 212 g/mol. The summed E-state index contributed by atoms with van der Waals surface area (Å²) in [6.45, 7) is 11.4. The minimum absolute atomic E-state index is 0.103. The van der Waals surface area contributed by atoms with E-state index in [9.17, 15) is 0 Å². The van der Waals surface area contributed by atoms with Crippen molar-refractivity contribution in [2.75, 3.05) is 0 Å². The van der Waals surface area contributed by atoms with Crippen molar-refractivity contribution < 1.29 is 4.74 Å². The van der Waals surface area contributed by atoms with Gasteiger partial charge in [0, 0.05) is 5.69 Å². The van der Waals surface area contributed by atoms with Crippen LogP contribution in [-0.2, 0) is 24.2 Å². The molecule has 3 heteroatoms. The summed E-state index contributed by atoms with van der Waals surface area (Å²) in [6.07, 6.45) is 2.22. The number of rotatable bonds is 2. The van der Waals surface area contributed by atoms with Gasteiger partial charge >= 0.3 is 0 Å². The molecule has 2 atom stereocenters.